The molecular weight excluding hydrogens is 635 g/mol. The predicted molar refractivity (Wildman–Crippen MR) is 217 cm³/mol. The quantitative estimate of drug-likeness (QED) is 0.169. The Morgan fingerprint density at radius 1 is 0.365 bits per heavy atom. The van der Waals surface area contributed by atoms with Crippen LogP contribution < -0.4 is 0 Å². The minimum atomic E-state index is 0.909. The predicted octanol–water partition coefficient (Wildman–Crippen LogP) is 12.9. The maximum atomic E-state index is 6.87. The third-order valence-electron chi connectivity index (χ3n) is 11.5. The molecule has 0 unspecified atom stereocenters. The second-order valence-corrected chi connectivity index (χ2v) is 14.1. The number of nitrogens with zero attached hydrogens (tertiary/aromatic N) is 3. The number of rotatable bonds is 2. The van der Waals surface area contributed by atoms with Crippen molar-refractivity contribution >= 4 is 98.4 Å². The molecule has 0 spiro atoms. The Morgan fingerprint density at radius 2 is 1.00 bits per heavy atom. The molecule has 0 aliphatic carbocycles. The van der Waals surface area contributed by atoms with Gasteiger partial charge in [-0.15, -0.1) is 0 Å². The van der Waals surface area contributed by atoms with Crippen LogP contribution in [-0.4, -0.2) is 13.4 Å². The average molecular weight is 662 g/mol. The molecule has 4 nitrogen and oxygen atoms in total. The lowest BCUT2D eigenvalue weighted by Crippen LogP contribution is -2.00. The summed E-state index contributed by atoms with van der Waals surface area (Å²) >= 11 is 0. The van der Waals surface area contributed by atoms with Crippen LogP contribution in [0.5, 0.6) is 0 Å². The first-order valence-corrected chi connectivity index (χ1v) is 17.9. The van der Waals surface area contributed by atoms with Gasteiger partial charge in [0, 0.05) is 48.7 Å². The van der Waals surface area contributed by atoms with Gasteiger partial charge < -0.3 is 17.8 Å². The van der Waals surface area contributed by atoms with E-state index in [1.54, 1.807) is 0 Å². The number of fused-ring (bicyclic) bond motifs is 16. The summed E-state index contributed by atoms with van der Waals surface area (Å²) < 4.78 is 14.4. The van der Waals surface area contributed by atoms with Crippen LogP contribution in [0.15, 0.2) is 168 Å². The van der Waals surface area contributed by atoms with E-state index < -0.39 is 0 Å². The Hall–Kier alpha value is -7.04. The molecule has 5 heterocycles. The number of aromatic nitrogens is 3. The van der Waals surface area contributed by atoms with Gasteiger partial charge in [0.1, 0.15) is 11.1 Å². The molecule has 8 aromatic carbocycles. The third kappa shape index (κ3) is 3.11. The lowest BCUT2D eigenvalue weighted by molar-refractivity contribution is 0.671. The van der Waals surface area contributed by atoms with Crippen LogP contribution in [0.3, 0.4) is 0 Å². The fourth-order valence-electron chi connectivity index (χ4n) is 9.52. The Morgan fingerprint density at radius 3 is 1.83 bits per heavy atom. The molecule has 0 saturated carbocycles. The van der Waals surface area contributed by atoms with Crippen LogP contribution in [0.4, 0.5) is 0 Å². The summed E-state index contributed by atoms with van der Waals surface area (Å²) in [7, 11) is 0. The maximum Gasteiger partial charge on any atom is 0.161 e. The van der Waals surface area contributed by atoms with Crippen molar-refractivity contribution in [2.75, 3.05) is 0 Å². The highest BCUT2D eigenvalue weighted by molar-refractivity contribution is 6.35. The molecule has 13 aromatic rings. The van der Waals surface area contributed by atoms with Crippen molar-refractivity contribution in [3.8, 4) is 16.8 Å². The van der Waals surface area contributed by atoms with E-state index in [-0.39, 0.29) is 0 Å². The standard InChI is InChI=1S/C48H27N3O/c1-2-14-28(15-3-1)29-16-4-9-21-36(29)49-38-23-11-6-19-32(38)43-40(49)27-41-46-44(43)33-20-7-12-24-39(33)51(46)47-45-34(30-17-5-10-22-37(30)50(41)45)26-35-31-18-8-13-25-42(31)52-48(35)47/h1-27H. The van der Waals surface area contributed by atoms with Gasteiger partial charge in [-0.05, 0) is 48.0 Å². The summed E-state index contributed by atoms with van der Waals surface area (Å²) in [6.07, 6.45) is 0. The summed E-state index contributed by atoms with van der Waals surface area (Å²) in [6, 6.07) is 59.5. The van der Waals surface area contributed by atoms with E-state index in [1.165, 1.54) is 82.1 Å². The summed E-state index contributed by atoms with van der Waals surface area (Å²) in [5.74, 6) is 0. The highest BCUT2D eigenvalue weighted by Gasteiger charge is 2.28. The highest BCUT2D eigenvalue weighted by atomic mass is 16.3. The third-order valence-corrected chi connectivity index (χ3v) is 11.5. The van der Waals surface area contributed by atoms with E-state index in [9.17, 15) is 0 Å². The van der Waals surface area contributed by atoms with E-state index in [0.29, 0.717) is 0 Å². The molecule has 0 aliphatic heterocycles. The van der Waals surface area contributed by atoms with Crippen molar-refractivity contribution in [3.63, 3.8) is 0 Å². The SMILES string of the molecule is c1ccc(-c2ccccc2-n2c3ccccc3c3c4c5ccccc5n5c4c(cc32)n2c3ccccc3c3cc4c6ccccc6oc4c5c32)cc1. The normalized spacial score (nSPS) is 12.6. The van der Waals surface area contributed by atoms with Crippen molar-refractivity contribution in [2.45, 2.75) is 0 Å². The molecule has 0 atom stereocenters. The first kappa shape index (κ1) is 26.8. The lowest BCUT2D eigenvalue weighted by atomic mass is 10.0. The molecule has 4 heteroatoms. The highest BCUT2D eigenvalue weighted by Crippen LogP contribution is 2.49. The molecule has 0 fully saturated rings. The van der Waals surface area contributed by atoms with Crippen LogP contribution >= 0.6 is 0 Å². The summed E-state index contributed by atoms with van der Waals surface area (Å²) in [5, 5.41) is 9.76. The van der Waals surface area contributed by atoms with Crippen LogP contribution in [0, 0.1) is 0 Å². The topological polar surface area (TPSA) is 26.9 Å². The Kier molecular flexibility index (Phi) is 4.83. The van der Waals surface area contributed by atoms with E-state index in [4.69, 9.17) is 4.42 Å². The summed E-state index contributed by atoms with van der Waals surface area (Å²) in [5.41, 5.74) is 14.8. The second-order valence-electron chi connectivity index (χ2n) is 14.1. The van der Waals surface area contributed by atoms with Crippen LogP contribution in [-0.2, 0) is 0 Å². The first-order valence-electron chi connectivity index (χ1n) is 17.9. The number of furan rings is 1. The summed E-state index contributed by atoms with van der Waals surface area (Å²) in [6.45, 7) is 0. The van der Waals surface area contributed by atoms with Crippen molar-refractivity contribution in [1.29, 1.82) is 0 Å². The Labute approximate surface area is 295 Å². The van der Waals surface area contributed by atoms with Gasteiger partial charge in [-0.3, -0.25) is 0 Å². The number of hydrogen-bond donors (Lipinski definition) is 0. The summed E-state index contributed by atoms with van der Waals surface area (Å²) in [4.78, 5) is 0. The molecule has 240 valence electrons. The minimum Gasteiger partial charge on any atom is -0.454 e. The first-order chi connectivity index (χ1) is 25.8. The number of para-hydroxylation sites is 5. The average Bonchev–Trinajstić information content (AvgIpc) is 3.94. The zero-order chi connectivity index (χ0) is 33.7. The fourth-order valence-corrected chi connectivity index (χ4v) is 9.52. The Bertz CT molecular complexity index is 3630. The molecule has 0 aliphatic rings. The van der Waals surface area contributed by atoms with Crippen LogP contribution in [0.1, 0.15) is 0 Å². The fraction of sp³-hybridized carbons (Fsp3) is 0. The lowest BCUT2D eigenvalue weighted by Gasteiger charge is -2.15. The molecule has 5 aromatic heterocycles. The molecule has 52 heavy (non-hydrogen) atoms. The van der Waals surface area contributed by atoms with Crippen molar-refractivity contribution in [1.82, 2.24) is 13.4 Å². The number of benzene rings is 8. The van der Waals surface area contributed by atoms with Crippen molar-refractivity contribution in [3.05, 3.63) is 164 Å². The van der Waals surface area contributed by atoms with Gasteiger partial charge in [-0.2, -0.15) is 0 Å². The van der Waals surface area contributed by atoms with E-state index >= 15 is 0 Å². The molecule has 0 N–H and O–H groups in total. The van der Waals surface area contributed by atoms with Gasteiger partial charge >= 0.3 is 0 Å². The van der Waals surface area contributed by atoms with Crippen molar-refractivity contribution < 1.29 is 4.42 Å². The van der Waals surface area contributed by atoms with E-state index in [0.717, 1.165) is 33.1 Å². The van der Waals surface area contributed by atoms with E-state index in [2.05, 4.69) is 177 Å². The number of hydrogen-bond acceptors (Lipinski definition) is 1. The van der Waals surface area contributed by atoms with Crippen molar-refractivity contribution in [2.24, 2.45) is 0 Å². The molecule has 0 amide bonds. The monoisotopic (exact) mass is 661 g/mol. The van der Waals surface area contributed by atoms with Gasteiger partial charge in [-0.25, -0.2) is 0 Å². The molecule has 0 saturated heterocycles. The van der Waals surface area contributed by atoms with Gasteiger partial charge in [0.25, 0.3) is 0 Å². The largest absolute Gasteiger partial charge is 0.454 e. The zero-order valence-electron chi connectivity index (χ0n) is 27.8. The smallest absolute Gasteiger partial charge is 0.161 e. The minimum absolute atomic E-state index is 0.909. The Balaban J connectivity index is 1.36. The maximum absolute atomic E-state index is 6.87. The molecular formula is C48H27N3O. The van der Waals surface area contributed by atoms with Gasteiger partial charge in [0.15, 0.2) is 5.58 Å². The van der Waals surface area contributed by atoms with Crippen LogP contribution in [0.2, 0.25) is 0 Å². The zero-order valence-corrected chi connectivity index (χ0v) is 27.8. The van der Waals surface area contributed by atoms with Gasteiger partial charge in [0.2, 0.25) is 0 Å². The van der Waals surface area contributed by atoms with Gasteiger partial charge in [-0.1, -0.05) is 121 Å². The van der Waals surface area contributed by atoms with Crippen LogP contribution in [0.25, 0.3) is 115 Å². The molecule has 0 bridgehead atoms. The second kappa shape index (κ2) is 9.39. The van der Waals surface area contributed by atoms with Gasteiger partial charge in [0.05, 0.1) is 44.3 Å². The molecule has 0 radical (unpaired) electrons. The molecule has 13 rings (SSSR count). The van der Waals surface area contributed by atoms with E-state index in [1.807, 2.05) is 0 Å².